The van der Waals surface area contributed by atoms with E-state index in [1.54, 1.807) is 6.92 Å². The van der Waals surface area contributed by atoms with Gasteiger partial charge >= 0.3 is 0 Å². The van der Waals surface area contributed by atoms with Crippen LogP contribution >= 0.6 is 0 Å². The zero-order chi connectivity index (χ0) is 11.5. The Morgan fingerprint density at radius 3 is 2.81 bits per heavy atom. The van der Waals surface area contributed by atoms with Crippen molar-refractivity contribution in [3.8, 4) is 0 Å². The Morgan fingerprint density at radius 1 is 1.38 bits per heavy atom. The maximum absolute atomic E-state index is 9.66. The van der Waals surface area contributed by atoms with Crippen LogP contribution < -0.4 is 0 Å². The Kier molecular flexibility index (Phi) is 3.22. The number of nitrogens with zero attached hydrogens (tertiary/aromatic N) is 2. The fourth-order valence-electron chi connectivity index (χ4n) is 1.88. The Balaban J connectivity index is 2.51. The fraction of sp³-hybridized carbons (Fsp3) is 0.417. The highest BCUT2D eigenvalue weighted by molar-refractivity contribution is 5.75. The molecule has 4 heteroatoms. The van der Waals surface area contributed by atoms with E-state index in [1.165, 1.54) is 0 Å². The highest BCUT2D eigenvalue weighted by atomic mass is 16.3. The second kappa shape index (κ2) is 4.63. The second-order valence-corrected chi connectivity index (χ2v) is 3.86. The van der Waals surface area contributed by atoms with Gasteiger partial charge in [0.1, 0.15) is 11.9 Å². The van der Waals surface area contributed by atoms with Crippen LogP contribution in [0.1, 0.15) is 25.3 Å². The molecule has 1 heterocycles. The molecule has 0 amide bonds. The number of para-hydroxylation sites is 2. The van der Waals surface area contributed by atoms with E-state index in [9.17, 15) is 5.11 Å². The zero-order valence-corrected chi connectivity index (χ0v) is 9.30. The van der Waals surface area contributed by atoms with Gasteiger partial charge < -0.3 is 14.8 Å². The predicted molar refractivity (Wildman–Crippen MR) is 62.1 cm³/mol. The summed E-state index contributed by atoms with van der Waals surface area (Å²) >= 11 is 0. The molecule has 0 aliphatic carbocycles. The lowest BCUT2D eigenvalue weighted by Crippen LogP contribution is -2.08. The summed E-state index contributed by atoms with van der Waals surface area (Å²) in [6.07, 6.45) is 0.0752. The van der Waals surface area contributed by atoms with E-state index in [2.05, 4.69) is 4.98 Å². The molecule has 0 bridgehead atoms. The first-order valence-electron chi connectivity index (χ1n) is 5.48. The van der Waals surface area contributed by atoms with Crippen LogP contribution in [0.25, 0.3) is 11.0 Å². The summed E-state index contributed by atoms with van der Waals surface area (Å²) in [6.45, 7) is 2.53. The largest absolute Gasteiger partial charge is 0.396 e. The summed E-state index contributed by atoms with van der Waals surface area (Å²) in [4.78, 5) is 4.40. The molecule has 4 nitrogen and oxygen atoms in total. The number of aryl methyl sites for hydroxylation is 1. The zero-order valence-electron chi connectivity index (χ0n) is 9.30. The lowest BCUT2D eigenvalue weighted by molar-refractivity contribution is 0.183. The highest BCUT2D eigenvalue weighted by Gasteiger charge is 2.13. The van der Waals surface area contributed by atoms with Gasteiger partial charge in [0.25, 0.3) is 0 Å². The van der Waals surface area contributed by atoms with Crippen molar-refractivity contribution >= 4 is 11.0 Å². The van der Waals surface area contributed by atoms with Crippen molar-refractivity contribution in [2.75, 3.05) is 6.61 Å². The Labute approximate surface area is 94.2 Å². The van der Waals surface area contributed by atoms with Gasteiger partial charge in [0.05, 0.1) is 11.0 Å². The predicted octanol–water partition coefficient (Wildman–Crippen LogP) is 1.47. The van der Waals surface area contributed by atoms with Crippen molar-refractivity contribution in [3.63, 3.8) is 0 Å². The Bertz CT molecular complexity index is 477. The smallest absolute Gasteiger partial charge is 0.138 e. The number of aliphatic hydroxyl groups excluding tert-OH is 2. The van der Waals surface area contributed by atoms with Gasteiger partial charge in [-0.2, -0.15) is 0 Å². The molecule has 2 N–H and O–H groups in total. The van der Waals surface area contributed by atoms with Crippen LogP contribution in [0, 0.1) is 0 Å². The van der Waals surface area contributed by atoms with Crippen LogP contribution in [-0.2, 0) is 6.54 Å². The average Bonchev–Trinajstić information content (AvgIpc) is 2.65. The molecule has 2 aromatic rings. The molecule has 1 atom stereocenters. The van der Waals surface area contributed by atoms with E-state index in [1.807, 2.05) is 28.8 Å². The fourth-order valence-corrected chi connectivity index (χ4v) is 1.88. The summed E-state index contributed by atoms with van der Waals surface area (Å²) < 4.78 is 1.97. The first-order chi connectivity index (χ1) is 7.74. The monoisotopic (exact) mass is 220 g/mol. The normalized spacial score (nSPS) is 13.2. The molecule has 16 heavy (non-hydrogen) atoms. The molecule has 0 fully saturated rings. The first kappa shape index (κ1) is 11.1. The van der Waals surface area contributed by atoms with Gasteiger partial charge in [-0.1, -0.05) is 12.1 Å². The molecule has 2 rings (SSSR count). The third-order valence-corrected chi connectivity index (χ3v) is 2.60. The number of hydrogen-bond donors (Lipinski definition) is 2. The molecular formula is C12H16N2O2. The third kappa shape index (κ3) is 1.94. The molecule has 1 aromatic heterocycles. The van der Waals surface area contributed by atoms with E-state index in [0.29, 0.717) is 18.8 Å². The van der Waals surface area contributed by atoms with E-state index < -0.39 is 6.10 Å². The number of benzene rings is 1. The number of aromatic nitrogens is 2. The standard InChI is InChI=1S/C12H16N2O2/c1-9(16)12-13-10-5-2-3-6-11(10)14(12)7-4-8-15/h2-3,5-6,9,15-16H,4,7-8H2,1H3. The molecule has 0 spiro atoms. The van der Waals surface area contributed by atoms with Crippen LogP contribution in [0.4, 0.5) is 0 Å². The minimum atomic E-state index is -0.592. The second-order valence-electron chi connectivity index (χ2n) is 3.86. The highest BCUT2D eigenvalue weighted by Crippen LogP contribution is 2.20. The lowest BCUT2D eigenvalue weighted by atomic mass is 10.3. The topological polar surface area (TPSA) is 58.3 Å². The van der Waals surface area contributed by atoms with Gasteiger partial charge in [-0.15, -0.1) is 0 Å². The van der Waals surface area contributed by atoms with E-state index in [0.717, 1.165) is 11.0 Å². The SMILES string of the molecule is CC(O)c1nc2ccccc2n1CCCO. The number of imidazole rings is 1. The van der Waals surface area contributed by atoms with Crippen LogP contribution in [-0.4, -0.2) is 26.4 Å². The quantitative estimate of drug-likeness (QED) is 0.820. The van der Waals surface area contributed by atoms with Crippen LogP contribution in [0.15, 0.2) is 24.3 Å². The summed E-state index contributed by atoms with van der Waals surface area (Å²) in [6, 6.07) is 7.78. The first-order valence-corrected chi connectivity index (χ1v) is 5.48. The summed E-state index contributed by atoms with van der Waals surface area (Å²) in [5.74, 6) is 0.662. The van der Waals surface area contributed by atoms with Crippen molar-refractivity contribution in [2.45, 2.75) is 26.0 Å². The number of rotatable bonds is 4. The van der Waals surface area contributed by atoms with Crippen molar-refractivity contribution in [3.05, 3.63) is 30.1 Å². The van der Waals surface area contributed by atoms with Crippen molar-refractivity contribution < 1.29 is 10.2 Å². The molecule has 1 unspecified atom stereocenters. The Hall–Kier alpha value is -1.39. The molecule has 0 aliphatic heterocycles. The van der Waals surface area contributed by atoms with Gasteiger partial charge in [-0.3, -0.25) is 0 Å². The Morgan fingerprint density at radius 2 is 2.12 bits per heavy atom. The van der Waals surface area contributed by atoms with Crippen molar-refractivity contribution in [2.24, 2.45) is 0 Å². The van der Waals surface area contributed by atoms with E-state index >= 15 is 0 Å². The van der Waals surface area contributed by atoms with E-state index in [4.69, 9.17) is 5.11 Å². The molecule has 86 valence electrons. The minimum absolute atomic E-state index is 0.145. The van der Waals surface area contributed by atoms with E-state index in [-0.39, 0.29) is 6.61 Å². The molecular weight excluding hydrogens is 204 g/mol. The number of hydrogen-bond acceptors (Lipinski definition) is 3. The molecule has 0 radical (unpaired) electrons. The maximum atomic E-state index is 9.66. The maximum Gasteiger partial charge on any atom is 0.138 e. The van der Waals surface area contributed by atoms with Gasteiger partial charge in [0.15, 0.2) is 0 Å². The van der Waals surface area contributed by atoms with Crippen LogP contribution in [0.3, 0.4) is 0 Å². The average molecular weight is 220 g/mol. The molecule has 0 saturated carbocycles. The van der Waals surface area contributed by atoms with Gasteiger partial charge in [0, 0.05) is 13.2 Å². The summed E-state index contributed by atoms with van der Waals surface area (Å²) in [5.41, 5.74) is 1.89. The molecule has 1 aromatic carbocycles. The van der Waals surface area contributed by atoms with Crippen LogP contribution in [0.2, 0.25) is 0 Å². The van der Waals surface area contributed by atoms with Gasteiger partial charge in [-0.05, 0) is 25.5 Å². The lowest BCUT2D eigenvalue weighted by Gasteiger charge is -2.09. The minimum Gasteiger partial charge on any atom is -0.396 e. The number of aliphatic hydroxyl groups is 2. The molecule has 0 aliphatic rings. The van der Waals surface area contributed by atoms with Gasteiger partial charge in [-0.25, -0.2) is 4.98 Å². The van der Waals surface area contributed by atoms with Crippen LogP contribution in [0.5, 0.6) is 0 Å². The van der Waals surface area contributed by atoms with Crippen molar-refractivity contribution in [1.82, 2.24) is 9.55 Å². The molecule has 0 saturated heterocycles. The summed E-state index contributed by atoms with van der Waals surface area (Å²) in [7, 11) is 0. The summed E-state index contributed by atoms with van der Waals surface area (Å²) in [5, 5.41) is 18.5. The van der Waals surface area contributed by atoms with Gasteiger partial charge in [0.2, 0.25) is 0 Å². The van der Waals surface area contributed by atoms with Crippen molar-refractivity contribution in [1.29, 1.82) is 0 Å². The third-order valence-electron chi connectivity index (χ3n) is 2.60. The number of fused-ring (bicyclic) bond motifs is 1.